The van der Waals surface area contributed by atoms with Crippen LogP contribution in [0.25, 0.3) is 0 Å². The van der Waals surface area contributed by atoms with E-state index >= 15 is 0 Å². The Balaban J connectivity index is 3.06. The first-order chi connectivity index (χ1) is 8.62. The molecule has 0 fully saturated rings. The summed E-state index contributed by atoms with van der Waals surface area (Å²) in [6.45, 7) is 1.99. The van der Waals surface area contributed by atoms with Gasteiger partial charge in [-0.05, 0) is 55.0 Å². The van der Waals surface area contributed by atoms with E-state index in [2.05, 4.69) is 18.4 Å². The normalized spacial score (nSPS) is 12.3. The zero-order chi connectivity index (χ0) is 13.5. The maximum atomic E-state index is 5.86. The topological polar surface area (TPSA) is 44.5 Å². The van der Waals surface area contributed by atoms with E-state index in [1.54, 1.807) is 14.2 Å². The van der Waals surface area contributed by atoms with Crippen LogP contribution in [0.4, 0.5) is 0 Å². The molecule has 18 heavy (non-hydrogen) atoms. The Kier molecular flexibility index (Phi) is 6.36. The van der Waals surface area contributed by atoms with Crippen molar-refractivity contribution in [1.29, 1.82) is 0 Å². The highest BCUT2D eigenvalue weighted by molar-refractivity contribution is 7.98. The second kappa shape index (κ2) is 7.54. The highest BCUT2D eigenvalue weighted by atomic mass is 32.2. The monoisotopic (exact) mass is 269 g/mol. The summed E-state index contributed by atoms with van der Waals surface area (Å²) in [6.07, 6.45) is 3.88. The molecular weight excluding hydrogens is 246 g/mol. The van der Waals surface area contributed by atoms with Crippen LogP contribution in [0.15, 0.2) is 12.1 Å². The van der Waals surface area contributed by atoms with Gasteiger partial charge >= 0.3 is 0 Å². The van der Waals surface area contributed by atoms with Crippen molar-refractivity contribution >= 4 is 11.8 Å². The Morgan fingerprint density at radius 1 is 1.17 bits per heavy atom. The van der Waals surface area contributed by atoms with Gasteiger partial charge in [0.05, 0.1) is 14.2 Å². The number of ether oxygens (including phenoxy) is 2. The maximum absolute atomic E-state index is 5.86. The number of nitrogens with two attached hydrogens (primary N) is 1. The molecule has 0 aromatic heterocycles. The van der Waals surface area contributed by atoms with Crippen LogP contribution in [0.1, 0.15) is 18.1 Å². The molecule has 0 radical (unpaired) electrons. The molecule has 1 atom stereocenters. The van der Waals surface area contributed by atoms with Crippen LogP contribution in [0.2, 0.25) is 0 Å². The molecule has 0 amide bonds. The number of methoxy groups -OCH3 is 2. The summed E-state index contributed by atoms with van der Waals surface area (Å²) in [6, 6.07) is 4.24. The van der Waals surface area contributed by atoms with Crippen LogP contribution in [-0.4, -0.2) is 32.3 Å². The van der Waals surface area contributed by atoms with Crippen molar-refractivity contribution in [1.82, 2.24) is 0 Å². The van der Waals surface area contributed by atoms with Gasteiger partial charge in [0.15, 0.2) is 0 Å². The molecule has 0 aliphatic rings. The Labute approximate surface area is 114 Å². The molecule has 3 nitrogen and oxygen atoms in total. The number of benzene rings is 1. The second-order valence-electron chi connectivity index (χ2n) is 4.40. The van der Waals surface area contributed by atoms with Gasteiger partial charge in [-0.1, -0.05) is 0 Å². The van der Waals surface area contributed by atoms with Gasteiger partial charge in [0, 0.05) is 6.04 Å². The summed E-state index contributed by atoms with van der Waals surface area (Å²) in [4.78, 5) is 0. The average molecular weight is 269 g/mol. The van der Waals surface area contributed by atoms with Gasteiger partial charge in [-0.15, -0.1) is 0 Å². The summed E-state index contributed by atoms with van der Waals surface area (Å²) in [5.74, 6) is 2.91. The van der Waals surface area contributed by atoms with Gasteiger partial charge in [0.1, 0.15) is 11.5 Å². The van der Waals surface area contributed by atoms with Crippen molar-refractivity contribution < 1.29 is 9.47 Å². The van der Waals surface area contributed by atoms with Crippen LogP contribution in [0.5, 0.6) is 11.5 Å². The van der Waals surface area contributed by atoms with Crippen LogP contribution in [0.3, 0.4) is 0 Å². The quantitative estimate of drug-likeness (QED) is 0.826. The Morgan fingerprint density at radius 3 is 2.22 bits per heavy atom. The average Bonchev–Trinajstić information content (AvgIpc) is 2.35. The van der Waals surface area contributed by atoms with Gasteiger partial charge in [-0.25, -0.2) is 0 Å². The van der Waals surface area contributed by atoms with Gasteiger partial charge in [-0.2, -0.15) is 11.8 Å². The summed E-state index contributed by atoms with van der Waals surface area (Å²) < 4.78 is 10.9. The zero-order valence-corrected chi connectivity index (χ0v) is 12.5. The fourth-order valence-corrected chi connectivity index (χ4v) is 2.36. The molecule has 0 spiro atoms. The first-order valence-electron chi connectivity index (χ1n) is 6.10. The first-order valence-corrected chi connectivity index (χ1v) is 7.50. The number of rotatable bonds is 7. The minimum absolute atomic E-state index is 0.112. The summed E-state index contributed by atoms with van der Waals surface area (Å²) in [5, 5.41) is 0. The first kappa shape index (κ1) is 15.2. The highest BCUT2D eigenvalue weighted by Crippen LogP contribution is 2.30. The minimum atomic E-state index is 0.112. The molecule has 1 rings (SSSR count). The van der Waals surface area contributed by atoms with Gasteiger partial charge < -0.3 is 15.2 Å². The summed E-state index contributed by atoms with van der Waals surface area (Å²) in [7, 11) is 3.41. The fourth-order valence-electron chi connectivity index (χ4n) is 1.94. The van der Waals surface area contributed by atoms with E-state index in [1.165, 1.54) is 5.56 Å². The number of hydrogen-bond acceptors (Lipinski definition) is 4. The molecule has 0 bridgehead atoms. The lowest BCUT2D eigenvalue weighted by molar-refractivity contribution is 0.394. The largest absolute Gasteiger partial charge is 0.496 e. The standard InChI is InChI=1S/C14H23NO2S/c1-10(15)7-12-9-13(16-2)11(5-6-18-4)8-14(12)17-3/h8-10H,5-7,15H2,1-4H3/t10-/m1/s1. The van der Waals surface area contributed by atoms with Crippen molar-refractivity contribution in [2.45, 2.75) is 25.8 Å². The number of aryl methyl sites for hydroxylation is 1. The van der Waals surface area contributed by atoms with Crippen molar-refractivity contribution in [2.75, 3.05) is 26.2 Å². The Hall–Kier alpha value is -0.870. The molecule has 0 aliphatic heterocycles. The Morgan fingerprint density at radius 2 is 1.72 bits per heavy atom. The fraction of sp³-hybridized carbons (Fsp3) is 0.571. The SMILES string of the molecule is COc1cc(C[C@@H](C)N)c(OC)cc1CCSC. The second-order valence-corrected chi connectivity index (χ2v) is 5.39. The molecule has 0 aliphatic carbocycles. The lowest BCUT2D eigenvalue weighted by Crippen LogP contribution is -2.18. The molecule has 102 valence electrons. The number of hydrogen-bond donors (Lipinski definition) is 1. The maximum Gasteiger partial charge on any atom is 0.122 e. The van der Waals surface area contributed by atoms with E-state index < -0.39 is 0 Å². The van der Waals surface area contributed by atoms with Crippen LogP contribution < -0.4 is 15.2 Å². The van der Waals surface area contributed by atoms with E-state index in [-0.39, 0.29) is 6.04 Å². The lowest BCUT2D eigenvalue weighted by Gasteiger charge is -2.16. The number of thioether (sulfide) groups is 1. The molecule has 0 saturated heterocycles. The molecule has 4 heteroatoms. The summed E-state index contributed by atoms with van der Waals surface area (Å²) >= 11 is 1.83. The van der Waals surface area contributed by atoms with Gasteiger partial charge in [0.25, 0.3) is 0 Å². The smallest absolute Gasteiger partial charge is 0.122 e. The molecule has 1 aromatic carbocycles. The Bertz CT molecular complexity index is 380. The van der Waals surface area contributed by atoms with Gasteiger partial charge in [-0.3, -0.25) is 0 Å². The van der Waals surface area contributed by atoms with E-state index in [1.807, 2.05) is 18.7 Å². The molecule has 2 N–H and O–H groups in total. The van der Waals surface area contributed by atoms with Crippen LogP contribution in [-0.2, 0) is 12.8 Å². The van der Waals surface area contributed by atoms with Crippen molar-refractivity contribution in [2.24, 2.45) is 5.73 Å². The predicted octanol–water partition coefficient (Wildman–Crippen LogP) is 2.50. The van der Waals surface area contributed by atoms with E-state index in [0.717, 1.165) is 35.7 Å². The van der Waals surface area contributed by atoms with E-state index in [0.29, 0.717) is 0 Å². The van der Waals surface area contributed by atoms with E-state index in [9.17, 15) is 0 Å². The molecular formula is C14H23NO2S. The molecule has 0 unspecified atom stereocenters. The van der Waals surface area contributed by atoms with Crippen molar-refractivity contribution in [3.63, 3.8) is 0 Å². The lowest BCUT2D eigenvalue weighted by atomic mass is 10.0. The third-order valence-electron chi connectivity index (χ3n) is 2.80. The minimum Gasteiger partial charge on any atom is -0.496 e. The third-order valence-corrected chi connectivity index (χ3v) is 3.41. The zero-order valence-electron chi connectivity index (χ0n) is 11.7. The molecule has 1 aromatic rings. The third kappa shape index (κ3) is 4.10. The van der Waals surface area contributed by atoms with Crippen LogP contribution in [0, 0.1) is 0 Å². The van der Waals surface area contributed by atoms with E-state index in [4.69, 9.17) is 15.2 Å². The summed E-state index contributed by atoms with van der Waals surface area (Å²) in [5.41, 5.74) is 8.16. The van der Waals surface area contributed by atoms with Crippen LogP contribution >= 0.6 is 11.8 Å². The van der Waals surface area contributed by atoms with Gasteiger partial charge in [0.2, 0.25) is 0 Å². The molecule has 0 saturated carbocycles. The van der Waals surface area contributed by atoms with Crippen molar-refractivity contribution in [3.8, 4) is 11.5 Å². The predicted molar refractivity (Wildman–Crippen MR) is 79.0 cm³/mol. The van der Waals surface area contributed by atoms with Crippen molar-refractivity contribution in [3.05, 3.63) is 23.3 Å². The highest BCUT2D eigenvalue weighted by Gasteiger charge is 2.12. The molecule has 0 heterocycles.